The Labute approximate surface area is 293 Å². The van der Waals surface area contributed by atoms with Gasteiger partial charge in [-0.05, 0) is 49.5 Å². The largest absolute Gasteiger partial charge is 0.479 e. The minimum atomic E-state index is -1.17. The molecule has 280 valence electrons. The van der Waals surface area contributed by atoms with Crippen LogP contribution in [0.2, 0.25) is 0 Å². The molecule has 1 aromatic carbocycles. The number of hydrogen-bond acceptors (Lipinski definition) is 12. The monoisotopic (exact) mass is 708 g/mol. The molecule has 50 heavy (non-hydrogen) atoms. The molecule has 15 nitrogen and oxygen atoms in total. The maximum Gasteiger partial charge on any atom is 0.333 e. The third-order valence-corrected chi connectivity index (χ3v) is 7.51. The molecule has 3 atom stereocenters. The van der Waals surface area contributed by atoms with Gasteiger partial charge in [0.2, 0.25) is 18.1 Å². The van der Waals surface area contributed by atoms with E-state index in [2.05, 4.69) is 5.32 Å². The van der Waals surface area contributed by atoms with Gasteiger partial charge in [0, 0.05) is 64.6 Å². The first-order valence-corrected chi connectivity index (χ1v) is 16.9. The Morgan fingerprint density at radius 1 is 0.980 bits per heavy atom. The number of nitrogens with one attached hydrogen (secondary N) is 1. The highest BCUT2D eigenvalue weighted by atomic mass is 16.7. The van der Waals surface area contributed by atoms with E-state index in [0.717, 1.165) is 31.2 Å². The van der Waals surface area contributed by atoms with Gasteiger partial charge in [-0.15, -0.1) is 0 Å². The summed E-state index contributed by atoms with van der Waals surface area (Å²) in [4.78, 5) is 58.2. The lowest BCUT2D eigenvalue weighted by Crippen LogP contribution is -2.42. The van der Waals surface area contributed by atoms with Crippen molar-refractivity contribution in [1.82, 2.24) is 10.2 Å². The van der Waals surface area contributed by atoms with E-state index in [-0.39, 0.29) is 31.3 Å². The molecule has 1 aromatic rings. The number of hydrogen-bond donors (Lipinski definition) is 3. The van der Waals surface area contributed by atoms with E-state index in [1.165, 1.54) is 24.0 Å². The van der Waals surface area contributed by atoms with Gasteiger partial charge in [0.25, 0.3) is 0 Å². The molecular formula is C35H52N2O13. The van der Waals surface area contributed by atoms with E-state index in [1.807, 2.05) is 12.1 Å². The van der Waals surface area contributed by atoms with Crippen LogP contribution >= 0.6 is 0 Å². The van der Waals surface area contributed by atoms with Crippen molar-refractivity contribution in [3.8, 4) is 5.75 Å². The smallest absolute Gasteiger partial charge is 0.333 e. The highest BCUT2D eigenvalue weighted by Crippen LogP contribution is 2.28. The molecule has 0 saturated carbocycles. The molecule has 15 heteroatoms. The van der Waals surface area contributed by atoms with Crippen molar-refractivity contribution < 1.29 is 62.6 Å². The van der Waals surface area contributed by atoms with E-state index in [1.54, 1.807) is 13.1 Å². The molecule has 0 bridgehead atoms. The molecular weight excluding hydrogens is 656 g/mol. The van der Waals surface area contributed by atoms with Crippen molar-refractivity contribution >= 4 is 30.0 Å². The van der Waals surface area contributed by atoms with Crippen molar-refractivity contribution in [2.24, 2.45) is 0 Å². The normalized spacial score (nSPS) is 17.3. The Morgan fingerprint density at radius 3 is 2.40 bits per heavy atom. The van der Waals surface area contributed by atoms with E-state index < -0.39 is 30.4 Å². The number of aliphatic hydroxyl groups is 1. The number of benzene rings is 1. The maximum absolute atomic E-state index is 11.9. The van der Waals surface area contributed by atoms with Crippen molar-refractivity contribution in [2.75, 3.05) is 59.8 Å². The molecule has 3 N–H and O–H groups in total. The first-order valence-electron chi connectivity index (χ1n) is 16.9. The van der Waals surface area contributed by atoms with Crippen molar-refractivity contribution in [3.63, 3.8) is 0 Å². The number of rotatable bonds is 26. The van der Waals surface area contributed by atoms with Crippen LogP contribution in [-0.2, 0) is 60.7 Å². The Kier molecular flexibility index (Phi) is 21.2. The third kappa shape index (κ3) is 18.8. The van der Waals surface area contributed by atoms with Crippen LogP contribution in [0.3, 0.4) is 0 Å². The van der Waals surface area contributed by atoms with Gasteiger partial charge in [-0.25, -0.2) is 4.79 Å². The van der Waals surface area contributed by atoms with Gasteiger partial charge in [-0.2, -0.15) is 0 Å². The lowest BCUT2D eigenvalue weighted by molar-refractivity contribution is -0.195. The number of allylic oxidation sites excluding steroid dienone is 1. The van der Waals surface area contributed by atoms with Crippen molar-refractivity contribution in [3.05, 3.63) is 41.5 Å². The SMILES string of the molecule is CC(=O)OCc1cc(CCCOCCOCCOCCNC(=O)CCCCCN(C)C(=O)/C=C\C=O)ccc1OC1CC(O)CC(C(=O)O)O1. The van der Waals surface area contributed by atoms with Crippen molar-refractivity contribution in [2.45, 2.75) is 83.4 Å². The number of amides is 2. The molecule has 3 unspecified atom stereocenters. The van der Waals surface area contributed by atoms with Crippen LogP contribution in [-0.4, -0.2) is 123 Å². The number of carbonyl (C=O) groups is 5. The minimum Gasteiger partial charge on any atom is -0.479 e. The fourth-order valence-corrected chi connectivity index (χ4v) is 4.87. The van der Waals surface area contributed by atoms with Gasteiger partial charge in [-0.1, -0.05) is 12.5 Å². The Hall–Kier alpha value is -3.89. The van der Waals surface area contributed by atoms with Crippen LogP contribution in [0.4, 0.5) is 0 Å². The molecule has 0 spiro atoms. The molecule has 0 aliphatic carbocycles. The van der Waals surface area contributed by atoms with Crippen LogP contribution < -0.4 is 10.1 Å². The molecule has 2 rings (SSSR count). The number of esters is 1. The Bertz CT molecular complexity index is 1220. The number of aryl methyl sites for hydroxylation is 1. The standard InChI is InChI=1S/C35H52N2O13/c1-26(39)48-25-28-22-27(11-12-30(28)49-34-24-29(40)23-31(50-34)35(43)44)8-7-16-45-18-20-47-21-19-46-17-13-36-32(41)9-4-3-5-14-37(2)33(42)10-6-15-38/h6,10-12,15,22,29,31,34,40H,3-5,7-9,13-14,16-21,23-25H2,1-2H3,(H,36,41)(H,43,44)/b10-6-. The predicted octanol–water partition coefficient (Wildman–Crippen LogP) is 1.95. The summed E-state index contributed by atoms with van der Waals surface area (Å²) in [5.74, 6) is -1.51. The summed E-state index contributed by atoms with van der Waals surface area (Å²) in [7, 11) is 1.67. The fraction of sp³-hybridized carbons (Fsp3) is 0.629. The summed E-state index contributed by atoms with van der Waals surface area (Å²) in [6.45, 7) is 4.78. The molecule has 1 saturated heterocycles. The average Bonchev–Trinajstić information content (AvgIpc) is 3.08. The lowest BCUT2D eigenvalue weighted by atomic mass is 10.0. The van der Waals surface area contributed by atoms with Crippen molar-refractivity contribution in [1.29, 1.82) is 0 Å². The first kappa shape index (κ1) is 42.3. The zero-order valence-corrected chi connectivity index (χ0v) is 29.0. The van der Waals surface area contributed by atoms with Gasteiger partial charge in [-0.3, -0.25) is 19.2 Å². The molecule has 1 heterocycles. The summed E-state index contributed by atoms with van der Waals surface area (Å²) in [6, 6.07) is 5.43. The van der Waals surface area contributed by atoms with Crippen LogP contribution in [0.5, 0.6) is 5.75 Å². The van der Waals surface area contributed by atoms with Crippen LogP contribution in [0, 0.1) is 0 Å². The number of aliphatic hydroxyl groups excluding tert-OH is 1. The highest BCUT2D eigenvalue weighted by Gasteiger charge is 2.34. The van der Waals surface area contributed by atoms with Crippen LogP contribution in [0.25, 0.3) is 0 Å². The van der Waals surface area contributed by atoms with E-state index in [0.29, 0.717) is 83.2 Å². The van der Waals surface area contributed by atoms with E-state index in [4.69, 9.17) is 28.4 Å². The lowest BCUT2D eigenvalue weighted by Gasteiger charge is -2.31. The number of likely N-dealkylation sites (N-methyl/N-ethyl adjacent to an activating group) is 1. The number of unbranched alkanes of at least 4 members (excludes halogenated alkanes) is 2. The minimum absolute atomic E-state index is 0.0143. The van der Waals surface area contributed by atoms with Crippen LogP contribution in [0.15, 0.2) is 30.4 Å². The Morgan fingerprint density at radius 2 is 1.70 bits per heavy atom. The second kappa shape index (κ2) is 25.1. The second-order valence-electron chi connectivity index (χ2n) is 11.7. The van der Waals surface area contributed by atoms with E-state index in [9.17, 15) is 34.2 Å². The quantitative estimate of drug-likeness (QED) is 0.0547. The fourth-order valence-electron chi connectivity index (χ4n) is 4.87. The molecule has 1 fully saturated rings. The number of carboxylic acid groups (broad SMARTS) is 1. The molecule has 2 amide bonds. The van der Waals surface area contributed by atoms with Gasteiger partial charge < -0.3 is 48.9 Å². The van der Waals surface area contributed by atoms with E-state index >= 15 is 0 Å². The summed E-state index contributed by atoms with van der Waals surface area (Å²) in [6.07, 6.45) is 4.21. The summed E-state index contributed by atoms with van der Waals surface area (Å²) < 4.78 is 33.2. The topological polar surface area (TPSA) is 196 Å². The first-order chi connectivity index (χ1) is 24.1. The average molecular weight is 709 g/mol. The molecule has 0 radical (unpaired) electrons. The molecule has 0 aromatic heterocycles. The Balaban J connectivity index is 1.51. The zero-order chi connectivity index (χ0) is 36.6. The predicted molar refractivity (Wildman–Crippen MR) is 179 cm³/mol. The number of nitrogens with zero attached hydrogens (tertiary/aromatic N) is 1. The van der Waals surface area contributed by atoms with Gasteiger partial charge >= 0.3 is 11.9 Å². The van der Waals surface area contributed by atoms with Gasteiger partial charge in [0.05, 0.1) is 39.1 Å². The summed E-state index contributed by atoms with van der Waals surface area (Å²) >= 11 is 0. The second-order valence-corrected chi connectivity index (χ2v) is 11.7. The highest BCUT2D eigenvalue weighted by molar-refractivity contribution is 5.90. The summed E-state index contributed by atoms with van der Waals surface area (Å²) in [5.41, 5.74) is 1.57. The number of carboxylic acids is 1. The van der Waals surface area contributed by atoms with Gasteiger partial charge in [0.1, 0.15) is 18.6 Å². The summed E-state index contributed by atoms with van der Waals surface area (Å²) in [5, 5.41) is 22.1. The molecule has 1 aliphatic rings. The zero-order valence-electron chi connectivity index (χ0n) is 29.0. The number of carbonyl (C=O) groups excluding carboxylic acids is 4. The van der Waals surface area contributed by atoms with Gasteiger partial charge in [0.15, 0.2) is 6.10 Å². The maximum atomic E-state index is 11.9. The third-order valence-electron chi connectivity index (χ3n) is 7.51. The number of aliphatic carboxylic acids is 1. The molecule has 1 aliphatic heterocycles. The van der Waals surface area contributed by atoms with Crippen LogP contribution in [0.1, 0.15) is 63.0 Å². The number of ether oxygens (including phenoxy) is 6. The number of aldehydes is 1.